The maximum absolute atomic E-state index is 15.8. The first-order valence-corrected chi connectivity index (χ1v) is 47.0. The second kappa shape index (κ2) is 50.7. The molecule has 3 saturated heterocycles. The first-order chi connectivity index (χ1) is 64.8. The molecular weight excluding hydrogens is 1780 g/mol. The van der Waals surface area contributed by atoms with Crippen molar-refractivity contribution in [2.45, 2.75) is 241 Å². The molecule has 738 valence electrons. The second-order valence-corrected chi connectivity index (χ2v) is 36.3. The first-order valence-electron chi connectivity index (χ1n) is 45.8. The van der Waals surface area contributed by atoms with Crippen LogP contribution in [0.4, 0.5) is 0 Å². The van der Waals surface area contributed by atoms with Crippen LogP contribution < -0.4 is 75.7 Å². The highest BCUT2D eigenvalue weighted by molar-refractivity contribution is 8.00. The number of thioether (sulfide) groups is 1. The van der Waals surface area contributed by atoms with Crippen LogP contribution in [0.3, 0.4) is 0 Å². The van der Waals surface area contributed by atoms with Crippen LogP contribution in [0.1, 0.15) is 146 Å². The van der Waals surface area contributed by atoms with Gasteiger partial charge in [-0.15, -0.1) is 11.8 Å². The zero-order valence-electron chi connectivity index (χ0n) is 78.1. The summed E-state index contributed by atoms with van der Waals surface area (Å²) >= 11 is 0.794. The van der Waals surface area contributed by atoms with Crippen molar-refractivity contribution in [3.05, 3.63) is 126 Å². The summed E-state index contributed by atoms with van der Waals surface area (Å²) in [6, 6.07) is -0.592. The zero-order valence-corrected chi connectivity index (χ0v) is 78.9. The summed E-state index contributed by atoms with van der Waals surface area (Å²) in [5, 5.41) is 61.1. The number of likely N-dealkylation sites (N-methyl/N-ethyl adjacent to an activating group) is 3. The molecule has 17 amide bonds. The molecule has 0 spiro atoms. The van der Waals surface area contributed by atoms with Crippen LogP contribution in [0.15, 0.2) is 97.7 Å². The number of hydrogen-bond acceptors (Lipinski definition) is 22. The van der Waals surface area contributed by atoms with Crippen molar-refractivity contribution in [3.63, 3.8) is 0 Å². The van der Waals surface area contributed by atoms with Gasteiger partial charge < -0.3 is 125 Å². The van der Waals surface area contributed by atoms with Gasteiger partial charge in [0.25, 0.3) is 0 Å². The van der Waals surface area contributed by atoms with Gasteiger partial charge >= 0.3 is 0 Å². The van der Waals surface area contributed by atoms with E-state index in [9.17, 15) is 53.4 Å². The monoisotopic (exact) mass is 1910 g/mol. The average molecular weight is 1910 g/mol. The normalized spacial score (nSPS) is 24.7. The molecule has 0 aliphatic carbocycles. The van der Waals surface area contributed by atoms with Gasteiger partial charge in [-0.1, -0.05) is 120 Å². The molecule has 9 rings (SSSR count). The Labute approximate surface area is 791 Å². The van der Waals surface area contributed by atoms with Gasteiger partial charge in [0.2, 0.25) is 100 Å². The number of unbranched alkanes of at least 4 members (excludes halogenated alkanes) is 2. The summed E-state index contributed by atoms with van der Waals surface area (Å²) in [6.07, 6.45) is 3.93. The number of carbonyl (C=O) groups excluding carboxylic acids is 17. The number of aryl methyl sites for hydroxylation is 1. The van der Waals surface area contributed by atoms with E-state index in [2.05, 4.69) is 78.4 Å². The fraction of sp³-hybridized carbons (Fsp3) is 0.533. The Morgan fingerprint density at radius 2 is 1.11 bits per heavy atom. The lowest BCUT2D eigenvalue weighted by atomic mass is 10.00. The standard InChI is InChI=1S/C92H130N24O19S/c1-10-12-28-71-84(128)104-62(27-19-31-98-92(95)96)80(124)111-70(79(123)101-44-76(94)120)47-136-48-77(121)103-66(35-53-22-18-21-51(5)34-53)87(131)112(7)52(6)78(122)107-68(40-75(93)119)89(133)115-32-20-30-72(115)85(129)106-64(38-56-43-97-49-102-56)82(126)108-65(33-50(3)4)90(134)116-45-57(118)39-74(116)86(130)105-63(36-54-41-99-60-25-16-14-23-58(54)60)81(125)110-69(46-117)83(127)109-67(37-55-42-100-61-26-17-15-24-59(55)61)88(132)114(9)73(29-13-11-2)91(135)113(71)8/h14-18,21-26,34,41-43,49-50,52,57,62-74,99-100,117-118H,10-13,19-20,27-33,35-40,44-48H2,1-9H3,(H2,93,119)(H2,94,120)(H,97,102)(H,101,123)(H,103,121)(H,104,128)(H,105,130)(H,106,129)(H,107,122)(H,108,126)(H,109,127)(H,110,125)(H,111,124)(H4,95,96,98)/t52-,57+,62-,63-,64-,65-,66-,67-,68-,69-,70-,71-,72-,73-,74?/m0/s1. The van der Waals surface area contributed by atoms with Crippen molar-refractivity contribution in [2.75, 3.05) is 65.4 Å². The third-order valence-electron chi connectivity index (χ3n) is 24.5. The Bertz CT molecular complexity index is 5260. The van der Waals surface area contributed by atoms with E-state index in [-0.39, 0.29) is 96.1 Å². The predicted octanol–water partition coefficient (Wildman–Crippen LogP) is -2.33. The quantitative estimate of drug-likeness (QED) is 0.0154. The molecule has 3 aromatic carbocycles. The largest absolute Gasteiger partial charge is 0.394 e. The molecule has 44 heteroatoms. The number of primary amides is 2. The van der Waals surface area contributed by atoms with E-state index in [0.717, 1.165) is 41.8 Å². The average Bonchev–Trinajstić information content (AvgIpc) is 1.61. The maximum atomic E-state index is 15.8. The first kappa shape index (κ1) is 106. The topological polar surface area (TPSA) is 641 Å². The predicted molar refractivity (Wildman–Crippen MR) is 503 cm³/mol. The summed E-state index contributed by atoms with van der Waals surface area (Å²) in [7, 11) is 3.96. The van der Waals surface area contributed by atoms with Gasteiger partial charge in [0.05, 0.1) is 37.8 Å². The minimum atomic E-state index is -1.89. The number of benzene rings is 3. The van der Waals surface area contributed by atoms with Gasteiger partial charge in [-0.3, -0.25) is 86.9 Å². The van der Waals surface area contributed by atoms with E-state index in [1.165, 1.54) is 40.6 Å². The number of aromatic amines is 3. The number of amides is 17. The molecule has 43 nitrogen and oxygen atoms in total. The summed E-state index contributed by atoms with van der Waals surface area (Å²) in [6.45, 7) is 7.91. The fourth-order valence-corrected chi connectivity index (χ4v) is 17.9. The number of nitrogens with one attached hydrogen (secondary N) is 15. The number of para-hydroxylation sites is 2. The van der Waals surface area contributed by atoms with Crippen LogP contribution in [-0.2, 0) is 107 Å². The van der Waals surface area contributed by atoms with Gasteiger partial charge in [-0.05, 0) is 93.5 Å². The molecule has 23 N–H and O–H groups in total. The zero-order chi connectivity index (χ0) is 99.3. The lowest BCUT2D eigenvalue weighted by molar-refractivity contribution is -0.149. The highest BCUT2D eigenvalue weighted by Crippen LogP contribution is 2.28. The van der Waals surface area contributed by atoms with Crippen molar-refractivity contribution < 1.29 is 91.7 Å². The van der Waals surface area contributed by atoms with E-state index < -0.39 is 235 Å². The third-order valence-corrected chi connectivity index (χ3v) is 25.5. The number of guanidine groups is 1. The molecular formula is C92H130N24O19S. The third kappa shape index (κ3) is 29.5. The Morgan fingerprint density at radius 3 is 1.71 bits per heavy atom. The summed E-state index contributed by atoms with van der Waals surface area (Å²) in [5.41, 5.74) is 20.8. The van der Waals surface area contributed by atoms with E-state index >= 15 is 38.4 Å². The number of aliphatic hydroxyl groups excluding tert-OH is 2. The Morgan fingerprint density at radius 1 is 0.559 bits per heavy atom. The number of fused-ring (bicyclic) bond motifs is 4. The van der Waals surface area contributed by atoms with Crippen LogP contribution in [-0.4, -0.2) is 317 Å². The molecule has 0 saturated carbocycles. The Kier molecular flexibility index (Phi) is 39.6. The van der Waals surface area contributed by atoms with Crippen molar-refractivity contribution in [1.82, 2.24) is 103 Å². The lowest BCUT2D eigenvalue weighted by Crippen LogP contribution is -2.62. The lowest BCUT2D eigenvalue weighted by Gasteiger charge is -2.36. The van der Waals surface area contributed by atoms with Gasteiger partial charge in [0, 0.05) is 125 Å². The number of nitrogens with two attached hydrogens (primary N) is 3. The summed E-state index contributed by atoms with van der Waals surface area (Å²) < 4.78 is 0. The molecule has 3 aromatic heterocycles. The van der Waals surface area contributed by atoms with Crippen molar-refractivity contribution >= 4 is 140 Å². The molecule has 6 aromatic rings. The number of rotatable bonds is 26. The van der Waals surface area contributed by atoms with Crippen LogP contribution in [0.2, 0.25) is 0 Å². The molecule has 0 radical (unpaired) electrons. The fourth-order valence-electron chi connectivity index (χ4n) is 17.0. The molecule has 3 aliphatic rings. The van der Waals surface area contributed by atoms with Crippen LogP contribution >= 0.6 is 11.8 Å². The van der Waals surface area contributed by atoms with Crippen LogP contribution in [0, 0.1) is 18.3 Å². The molecule has 136 heavy (non-hydrogen) atoms. The number of aromatic nitrogens is 4. The Hall–Kier alpha value is -13.5. The molecule has 3 fully saturated rings. The van der Waals surface area contributed by atoms with Gasteiger partial charge in [0.15, 0.2) is 5.96 Å². The van der Waals surface area contributed by atoms with Gasteiger partial charge in [0.1, 0.15) is 84.6 Å². The molecule has 3 aliphatic heterocycles. The summed E-state index contributed by atoms with van der Waals surface area (Å²) in [4.78, 5) is 270. The van der Waals surface area contributed by atoms with Crippen LogP contribution in [0.5, 0.6) is 0 Å². The van der Waals surface area contributed by atoms with Crippen molar-refractivity contribution in [1.29, 1.82) is 5.41 Å². The van der Waals surface area contributed by atoms with E-state index in [4.69, 9.17) is 22.6 Å². The number of nitrogens with zero attached hydrogens (tertiary/aromatic N) is 6. The minimum Gasteiger partial charge on any atom is -0.394 e. The molecule has 1 unspecified atom stereocenters. The number of aliphatic hydroxyl groups is 2. The molecule has 15 atom stereocenters. The number of H-pyrrole nitrogens is 3. The van der Waals surface area contributed by atoms with Crippen molar-refractivity contribution in [2.24, 2.45) is 23.1 Å². The number of hydrogen-bond donors (Lipinski definition) is 20. The second-order valence-electron chi connectivity index (χ2n) is 35.3. The van der Waals surface area contributed by atoms with E-state index in [1.54, 1.807) is 106 Å². The van der Waals surface area contributed by atoms with Gasteiger partial charge in [-0.25, -0.2) is 4.98 Å². The summed E-state index contributed by atoms with van der Waals surface area (Å²) in [5.74, 6) is -17.5. The van der Waals surface area contributed by atoms with Crippen LogP contribution in [0.25, 0.3) is 21.8 Å². The SMILES string of the molecule is CCCC[C@H]1C(=O)N(C)[C@@H](CCCC)C(=O)N[C@@H](CCCNC(=N)N)C(=O)N[C@H](C(=O)NCC(N)=O)CSCC(=O)N[C@@H](Cc2cccc(C)c2)C(=O)N(C)[C@@H](C)C(=O)N[C@@H](CC(N)=O)C(=O)N2CCC[C@H]2C(=O)N[C@@H](Cc2cnc[nH]2)C(=O)N[C@@H](CC(C)C)C(=O)N2C[C@H](O)CC2C(=O)N[C@@H](Cc2c[nH]c3ccccc23)C(=O)N[C@@H](CO)C(=O)N[C@@H](Cc2c[nH]c3ccccc23)C(=O)N1C. The highest BCUT2D eigenvalue weighted by atomic mass is 32.2. The smallest absolute Gasteiger partial charge is 0.246 e. The highest BCUT2D eigenvalue weighted by Gasteiger charge is 2.47. The van der Waals surface area contributed by atoms with Gasteiger partial charge in [-0.2, -0.15) is 0 Å². The van der Waals surface area contributed by atoms with E-state index in [0.29, 0.717) is 69.9 Å². The number of imidazole rings is 1. The maximum Gasteiger partial charge on any atom is 0.246 e. The number of carbonyl (C=O) groups is 17. The molecule has 6 heterocycles. The van der Waals surface area contributed by atoms with E-state index in [1.807, 2.05) is 13.8 Å². The van der Waals surface area contributed by atoms with Crippen molar-refractivity contribution in [3.8, 4) is 0 Å². The molecule has 0 bridgehead atoms. The minimum absolute atomic E-state index is 0.00464. The Balaban J connectivity index is 1.10.